The van der Waals surface area contributed by atoms with E-state index in [1.165, 1.54) is 12.8 Å². The number of para-hydroxylation sites is 1. The second-order valence-electron chi connectivity index (χ2n) is 7.83. The number of hydrogen-bond donors (Lipinski definition) is 1. The topological polar surface area (TPSA) is 55.1 Å². The van der Waals surface area contributed by atoms with E-state index >= 15 is 0 Å². The van der Waals surface area contributed by atoms with E-state index < -0.39 is 5.60 Å². The average molecular weight is 398 g/mol. The van der Waals surface area contributed by atoms with E-state index in [2.05, 4.69) is 24.1 Å². The number of rotatable bonds is 10. The van der Waals surface area contributed by atoms with Crippen molar-refractivity contribution in [1.82, 2.24) is 4.90 Å². The van der Waals surface area contributed by atoms with Gasteiger partial charge in [0.2, 0.25) is 0 Å². The highest BCUT2D eigenvalue weighted by Gasteiger charge is 2.36. The maximum Gasteiger partial charge on any atom is 0.165 e. The molecule has 29 heavy (non-hydrogen) atoms. The summed E-state index contributed by atoms with van der Waals surface area (Å²) in [5.74, 6) is 2.76. The van der Waals surface area contributed by atoms with Crippen molar-refractivity contribution in [1.29, 1.82) is 0 Å². The molecule has 0 saturated heterocycles. The molecule has 2 aromatic rings. The Hall–Kier alpha value is -2.50. The van der Waals surface area contributed by atoms with Gasteiger partial charge in [-0.25, -0.2) is 0 Å². The molecule has 1 heterocycles. The third-order valence-corrected chi connectivity index (χ3v) is 5.53. The summed E-state index contributed by atoms with van der Waals surface area (Å²) >= 11 is 0. The van der Waals surface area contributed by atoms with E-state index in [-0.39, 0.29) is 0 Å². The lowest BCUT2D eigenvalue weighted by Crippen LogP contribution is -2.27. The van der Waals surface area contributed by atoms with Crippen molar-refractivity contribution in [2.45, 2.75) is 51.4 Å². The van der Waals surface area contributed by atoms with Crippen LogP contribution < -0.4 is 9.47 Å². The lowest BCUT2D eigenvalue weighted by Gasteiger charge is -2.27. The first kappa shape index (κ1) is 21.2. The molecule has 1 N–H and O–H groups in total. The molecule has 0 spiro atoms. The summed E-state index contributed by atoms with van der Waals surface area (Å²) in [6.07, 6.45) is 2.34. The predicted molar refractivity (Wildman–Crippen MR) is 114 cm³/mol. The van der Waals surface area contributed by atoms with Crippen LogP contribution in [0, 0.1) is 0 Å². The van der Waals surface area contributed by atoms with E-state index in [0.717, 1.165) is 29.4 Å². The quantitative estimate of drug-likeness (QED) is 0.584. The molecule has 0 bridgehead atoms. The normalized spacial score (nSPS) is 14.1. The molecule has 156 valence electrons. The number of benzene rings is 1. The first-order valence-corrected chi connectivity index (χ1v) is 9.88. The number of furan rings is 1. The molecule has 0 atom stereocenters. The summed E-state index contributed by atoms with van der Waals surface area (Å²) < 4.78 is 17.1. The fraction of sp³-hybridized carbons (Fsp3) is 0.417. The Balaban J connectivity index is 1.82. The fourth-order valence-corrected chi connectivity index (χ4v) is 3.69. The van der Waals surface area contributed by atoms with Crippen LogP contribution in [0.25, 0.3) is 0 Å². The third-order valence-electron chi connectivity index (χ3n) is 5.53. The zero-order valence-electron chi connectivity index (χ0n) is 17.8. The first-order chi connectivity index (χ1) is 13.8. The molecule has 5 nitrogen and oxygen atoms in total. The highest BCUT2D eigenvalue weighted by atomic mass is 16.5. The van der Waals surface area contributed by atoms with E-state index in [1.807, 2.05) is 24.3 Å². The Morgan fingerprint density at radius 3 is 2.34 bits per heavy atom. The van der Waals surface area contributed by atoms with Crippen LogP contribution in [0.4, 0.5) is 0 Å². The van der Waals surface area contributed by atoms with Gasteiger partial charge in [-0.05, 0) is 56.0 Å². The minimum Gasteiger partial charge on any atom is -0.493 e. The van der Waals surface area contributed by atoms with E-state index in [1.54, 1.807) is 28.1 Å². The predicted octanol–water partition coefficient (Wildman–Crippen LogP) is 4.80. The van der Waals surface area contributed by atoms with Crippen LogP contribution in [0.2, 0.25) is 0 Å². The highest BCUT2D eigenvalue weighted by molar-refractivity contribution is 5.46. The number of ether oxygens (including phenoxy) is 2. The molecule has 0 aliphatic heterocycles. The third kappa shape index (κ3) is 4.26. The van der Waals surface area contributed by atoms with E-state index in [9.17, 15) is 5.11 Å². The van der Waals surface area contributed by atoms with Gasteiger partial charge >= 0.3 is 0 Å². The smallest absolute Gasteiger partial charge is 0.165 e. The number of methoxy groups -OCH3 is 2. The zero-order valence-corrected chi connectivity index (χ0v) is 17.8. The van der Waals surface area contributed by atoms with Crippen LogP contribution in [0.3, 0.4) is 0 Å². The molecule has 1 aliphatic carbocycles. The summed E-state index contributed by atoms with van der Waals surface area (Å²) in [6, 6.07) is 10.2. The van der Waals surface area contributed by atoms with Crippen molar-refractivity contribution >= 4 is 0 Å². The van der Waals surface area contributed by atoms with Crippen LogP contribution in [-0.4, -0.2) is 30.3 Å². The molecular weight excluding hydrogens is 366 g/mol. The first-order valence-electron chi connectivity index (χ1n) is 9.88. The van der Waals surface area contributed by atoms with Gasteiger partial charge in [-0.2, -0.15) is 0 Å². The Bertz CT molecular complexity index is 880. The standard InChI is InChI=1S/C24H31NO4/c1-16(2)24(26,17(3)4)22-13-12-20(29-22)15-25(19-10-11-19)14-18-8-7-9-21(27-5)23(18)28-6/h7-9,12-13,19,26H,1,3,10-11,14-15H2,2,4-6H3. The summed E-state index contributed by atoms with van der Waals surface area (Å²) in [5, 5.41) is 11.0. The van der Waals surface area contributed by atoms with Crippen LogP contribution in [0.15, 0.2) is 59.1 Å². The Morgan fingerprint density at radius 2 is 1.79 bits per heavy atom. The molecule has 0 radical (unpaired) electrons. The second kappa shape index (κ2) is 8.47. The van der Waals surface area contributed by atoms with Gasteiger partial charge in [0, 0.05) is 18.2 Å². The van der Waals surface area contributed by atoms with Gasteiger partial charge < -0.3 is 19.0 Å². The summed E-state index contributed by atoms with van der Waals surface area (Å²) in [7, 11) is 3.31. The largest absolute Gasteiger partial charge is 0.493 e. The molecule has 1 saturated carbocycles. The van der Waals surface area contributed by atoms with Gasteiger partial charge in [0.05, 0.1) is 20.8 Å². The summed E-state index contributed by atoms with van der Waals surface area (Å²) in [4.78, 5) is 2.38. The lowest BCUT2D eigenvalue weighted by atomic mass is 9.87. The SMILES string of the molecule is C=C(C)C(O)(C(=C)C)c1ccc(CN(Cc2cccc(OC)c2OC)C2CC2)o1. The second-order valence-corrected chi connectivity index (χ2v) is 7.83. The molecule has 0 amide bonds. The van der Waals surface area contributed by atoms with Gasteiger partial charge in [0.15, 0.2) is 17.1 Å². The molecule has 0 unspecified atom stereocenters. The van der Waals surface area contributed by atoms with Crippen molar-refractivity contribution in [2.75, 3.05) is 14.2 Å². The molecular formula is C24H31NO4. The van der Waals surface area contributed by atoms with Crippen molar-refractivity contribution < 1.29 is 19.0 Å². The molecule has 1 aromatic carbocycles. The molecule has 3 rings (SSSR count). The molecule has 1 fully saturated rings. The summed E-state index contributed by atoms with van der Waals surface area (Å²) in [5.41, 5.74) is 0.904. The number of hydrogen-bond acceptors (Lipinski definition) is 5. The van der Waals surface area contributed by atoms with E-state index in [0.29, 0.717) is 29.5 Å². The minimum absolute atomic E-state index is 0.460. The molecule has 1 aromatic heterocycles. The average Bonchev–Trinajstić information content (AvgIpc) is 3.44. The van der Waals surface area contributed by atoms with Crippen LogP contribution in [0.5, 0.6) is 11.5 Å². The van der Waals surface area contributed by atoms with Crippen LogP contribution in [-0.2, 0) is 18.7 Å². The van der Waals surface area contributed by atoms with E-state index in [4.69, 9.17) is 13.9 Å². The van der Waals surface area contributed by atoms with Crippen molar-refractivity contribution in [2.24, 2.45) is 0 Å². The summed E-state index contributed by atoms with van der Waals surface area (Å²) in [6.45, 7) is 12.8. The Labute approximate surface area is 173 Å². The molecule has 1 aliphatic rings. The van der Waals surface area contributed by atoms with Crippen LogP contribution in [0.1, 0.15) is 43.8 Å². The lowest BCUT2D eigenvalue weighted by molar-refractivity contribution is 0.0876. The number of aliphatic hydroxyl groups is 1. The Morgan fingerprint density at radius 1 is 1.10 bits per heavy atom. The van der Waals surface area contributed by atoms with Gasteiger partial charge in [0.1, 0.15) is 11.5 Å². The number of nitrogens with zero attached hydrogens (tertiary/aromatic N) is 1. The fourth-order valence-electron chi connectivity index (χ4n) is 3.69. The molecule has 5 heteroatoms. The maximum atomic E-state index is 11.0. The van der Waals surface area contributed by atoms with Crippen molar-refractivity contribution in [3.8, 4) is 11.5 Å². The Kier molecular flexibility index (Phi) is 6.20. The highest BCUT2D eigenvalue weighted by Crippen LogP contribution is 2.38. The van der Waals surface area contributed by atoms with Gasteiger partial charge in [-0.15, -0.1) is 0 Å². The van der Waals surface area contributed by atoms with Gasteiger partial charge in [0.25, 0.3) is 0 Å². The monoisotopic (exact) mass is 397 g/mol. The van der Waals surface area contributed by atoms with Crippen molar-refractivity contribution in [3.63, 3.8) is 0 Å². The zero-order chi connectivity index (χ0) is 21.2. The maximum absolute atomic E-state index is 11.0. The van der Waals surface area contributed by atoms with Crippen molar-refractivity contribution in [3.05, 3.63) is 71.7 Å². The van der Waals surface area contributed by atoms with Gasteiger partial charge in [-0.1, -0.05) is 25.3 Å². The van der Waals surface area contributed by atoms with Crippen LogP contribution >= 0.6 is 0 Å². The minimum atomic E-state index is -1.35. The van der Waals surface area contributed by atoms with Gasteiger partial charge in [-0.3, -0.25) is 4.90 Å².